The third-order valence-corrected chi connectivity index (χ3v) is 6.03. The summed E-state index contributed by atoms with van der Waals surface area (Å²) in [6.07, 6.45) is 0.727. The van der Waals surface area contributed by atoms with Crippen LogP contribution in [0.3, 0.4) is 0 Å². The monoisotopic (exact) mass is 428 g/mol. The second-order valence-electron chi connectivity index (χ2n) is 8.25. The fourth-order valence-corrected chi connectivity index (χ4v) is 3.98. The first kappa shape index (κ1) is 20.4. The number of nitrogens with zero attached hydrogens (tertiary/aromatic N) is 4. The second kappa shape index (κ2) is 8.91. The summed E-state index contributed by atoms with van der Waals surface area (Å²) in [5, 5.41) is 18.5. The van der Waals surface area contributed by atoms with Crippen LogP contribution in [0.1, 0.15) is 11.4 Å². The minimum Gasteiger partial charge on any atom is -0.369 e. The number of anilines is 1. The zero-order chi connectivity index (χ0) is 21.9. The molecule has 2 fully saturated rings. The molecule has 8 heteroatoms. The molecule has 2 aliphatic heterocycles. The van der Waals surface area contributed by atoms with E-state index in [1.54, 1.807) is 12.1 Å². The van der Waals surface area contributed by atoms with Gasteiger partial charge in [0.2, 0.25) is 5.82 Å². The van der Waals surface area contributed by atoms with E-state index in [-0.39, 0.29) is 10.6 Å². The topological polar surface area (TPSA) is 96.2 Å². The molecule has 2 saturated heterocycles. The fraction of sp³-hybridized carbons (Fsp3) is 0.333. The van der Waals surface area contributed by atoms with Crippen LogP contribution in [-0.2, 0) is 6.42 Å². The number of para-hydroxylation sites is 1. The van der Waals surface area contributed by atoms with Crippen molar-refractivity contribution in [3.63, 3.8) is 0 Å². The number of non-ortho nitro benzene ring substituents is 1. The lowest BCUT2D eigenvalue weighted by Crippen LogP contribution is -2.63. The van der Waals surface area contributed by atoms with Crippen LogP contribution >= 0.6 is 0 Å². The van der Waals surface area contributed by atoms with Crippen molar-refractivity contribution in [3.8, 4) is 11.8 Å². The lowest BCUT2D eigenvalue weighted by Gasteiger charge is -2.46. The molecule has 3 heterocycles. The van der Waals surface area contributed by atoms with Crippen molar-refractivity contribution in [1.82, 2.24) is 20.2 Å². The van der Waals surface area contributed by atoms with E-state index in [1.807, 2.05) is 24.3 Å². The van der Waals surface area contributed by atoms with Gasteiger partial charge in [-0.3, -0.25) is 15.0 Å². The Balaban J connectivity index is 1.26. The van der Waals surface area contributed by atoms with E-state index >= 15 is 0 Å². The van der Waals surface area contributed by atoms with Crippen LogP contribution in [0.25, 0.3) is 10.9 Å². The van der Waals surface area contributed by atoms with Gasteiger partial charge in [-0.2, -0.15) is 0 Å². The maximum atomic E-state index is 10.8. The predicted molar refractivity (Wildman–Crippen MR) is 123 cm³/mol. The maximum absolute atomic E-state index is 10.8. The number of benzene rings is 2. The van der Waals surface area contributed by atoms with E-state index in [9.17, 15) is 10.1 Å². The van der Waals surface area contributed by atoms with Crippen LogP contribution in [0.15, 0.2) is 48.5 Å². The van der Waals surface area contributed by atoms with E-state index in [2.05, 4.69) is 37.3 Å². The summed E-state index contributed by atoms with van der Waals surface area (Å²) in [4.78, 5) is 22.2. The van der Waals surface area contributed by atoms with Crippen LogP contribution in [0.4, 0.5) is 11.5 Å². The molecule has 0 bridgehead atoms. The van der Waals surface area contributed by atoms with E-state index < -0.39 is 0 Å². The largest absolute Gasteiger partial charge is 0.369 e. The molecular weight excluding hydrogens is 404 g/mol. The second-order valence-corrected chi connectivity index (χ2v) is 8.25. The highest BCUT2D eigenvalue weighted by molar-refractivity contribution is 5.89. The number of nitro groups is 1. The van der Waals surface area contributed by atoms with Crippen molar-refractivity contribution in [3.05, 3.63) is 70.0 Å². The Kier molecular flexibility index (Phi) is 5.67. The molecule has 2 N–H and O–H groups in total. The van der Waals surface area contributed by atoms with E-state index in [1.165, 1.54) is 12.1 Å². The van der Waals surface area contributed by atoms with Crippen molar-refractivity contribution in [2.24, 2.45) is 5.92 Å². The first-order valence-electron chi connectivity index (χ1n) is 10.9. The fourth-order valence-electron chi connectivity index (χ4n) is 3.98. The van der Waals surface area contributed by atoms with Crippen molar-refractivity contribution >= 4 is 22.4 Å². The first-order chi connectivity index (χ1) is 15.7. The van der Waals surface area contributed by atoms with Gasteiger partial charge in [0.15, 0.2) is 0 Å². The van der Waals surface area contributed by atoms with Crippen LogP contribution < -0.4 is 10.6 Å². The van der Waals surface area contributed by atoms with E-state index in [0.717, 1.165) is 54.9 Å². The lowest BCUT2D eigenvalue weighted by molar-refractivity contribution is -0.384. The Morgan fingerprint density at radius 3 is 2.62 bits per heavy atom. The highest BCUT2D eigenvalue weighted by atomic mass is 16.6. The number of rotatable bonds is 6. The zero-order valence-corrected chi connectivity index (χ0v) is 17.6. The molecule has 0 radical (unpaired) electrons. The lowest BCUT2D eigenvalue weighted by atomic mass is 9.96. The standard InChI is InChI=1S/C24H24N6O2/c31-30(32)19-8-5-17(6-9-19)11-12-26-24-21-3-1-2-4-22(21)27-23(28-24)10-7-18-15-29(16-18)20-13-25-14-20/h1-6,8-9,18,20,25H,11-16H2,(H,26,27,28). The summed E-state index contributed by atoms with van der Waals surface area (Å²) >= 11 is 0. The molecule has 32 heavy (non-hydrogen) atoms. The molecule has 1 aromatic heterocycles. The van der Waals surface area contributed by atoms with E-state index in [0.29, 0.717) is 24.3 Å². The Bertz CT molecular complexity index is 1190. The van der Waals surface area contributed by atoms with E-state index in [4.69, 9.17) is 0 Å². The normalized spacial score (nSPS) is 16.6. The molecule has 2 aromatic carbocycles. The smallest absolute Gasteiger partial charge is 0.269 e. The third kappa shape index (κ3) is 4.40. The van der Waals surface area contributed by atoms with Gasteiger partial charge in [-0.05, 0) is 30.0 Å². The van der Waals surface area contributed by atoms with Gasteiger partial charge < -0.3 is 10.6 Å². The number of likely N-dealkylation sites (tertiary alicyclic amines) is 1. The van der Waals surface area contributed by atoms with Gasteiger partial charge in [-0.25, -0.2) is 9.97 Å². The molecular formula is C24H24N6O2. The van der Waals surface area contributed by atoms with Gasteiger partial charge in [-0.15, -0.1) is 0 Å². The van der Waals surface area contributed by atoms with Crippen molar-refractivity contribution in [1.29, 1.82) is 0 Å². The molecule has 0 spiro atoms. The zero-order valence-electron chi connectivity index (χ0n) is 17.6. The first-order valence-corrected chi connectivity index (χ1v) is 10.9. The molecule has 3 aromatic rings. The van der Waals surface area contributed by atoms with Gasteiger partial charge in [0.1, 0.15) is 5.82 Å². The average Bonchev–Trinajstić information content (AvgIpc) is 2.74. The van der Waals surface area contributed by atoms with Gasteiger partial charge in [0.25, 0.3) is 5.69 Å². The molecule has 5 rings (SSSR count). The Hall–Kier alpha value is -3.54. The van der Waals surface area contributed by atoms with Crippen LogP contribution in [0.2, 0.25) is 0 Å². The molecule has 8 nitrogen and oxygen atoms in total. The summed E-state index contributed by atoms with van der Waals surface area (Å²) in [6, 6.07) is 15.2. The number of nitrogens with one attached hydrogen (secondary N) is 2. The van der Waals surface area contributed by atoms with Crippen LogP contribution in [-0.4, -0.2) is 58.6 Å². The molecule has 162 valence electrons. The molecule has 0 aliphatic carbocycles. The summed E-state index contributed by atoms with van der Waals surface area (Å²) < 4.78 is 0. The number of hydrogen-bond donors (Lipinski definition) is 2. The molecule has 0 unspecified atom stereocenters. The molecule has 2 aliphatic rings. The van der Waals surface area contributed by atoms with Crippen LogP contribution in [0.5, 0.6) is 0 Å². The minimum absolute atomic E-state index is 0.102. The summed E-state index contributed by atoms with van der Waals surface area (Å²) in [7, 11) is 0. The average molecular weight is 428 g/mol. The van der Waals surface area contributed by atoms with Gasteiger partial charge in [0, 0.05) is 62.2 Å². The Morgan fingerprint density at radius 1 is 1.12 bits per heavy atom. The van der Waals surface area contributed by atoms with Crippen LogP contribution in [0, 0.1) is 27.9 Å². The molecule has 0 atom stereocenters. The number of hydrogen-bond acceptors (Lipinski definition) is 7. The molecule has 0 amide bonds. The van der Waals surface area contributed by atoms with Crippen molar-refractivity contribution in [2.45, 2.75) is 12.5 Å². The molecule has 0 saturated carbocycles. The SMILES string of the molecule is O=[N+]([O-])c1ccc(CCNc2nc(C#CC3CN(C4CNC4)C3)nc3ccccc23)cc1. The highest BCUT2D eigenvalue weighted by Gasteiger charge is 2.34. The summed E-state index contributed by atoms with van der Waals surface area (Å²) in [5.41, 5.74) is 1.99. The Labute approximate surface area is 186 Å². The summed E-state index contributed by atoms with van der Waals surface area (Å²) in [5.74, 6) is 8.19. The third-order valence-electron chi connectivity index (χ3n) is 6.03. The number of nitro benzene ring substituents is 1. The van der Waals surface area contributed by atoms with Gasteiger partial charge >= 0.3 is 0 Å². The van der Waals surface area contributed by atoms with Gasteiger partial charge in [-0.1, -0.05) is 30.2 Å². The summed E-state index contributed by atoms with van der Waals surface area (Å²) in [6.45, 7) is 4.87. The maximum Gasteiger partial charge on any atom is 0.269 e. The highest BCUT2D eigenvalue weighted by Crippen LogP contribution is 2.22. The van der Waals surface area contributed by atoms with Gasteiger partial charge in [0.05, 0.1) is 10.4 Å². The number of fused-ring (bicyclic) bond motifs is 1. The predicted octanol–water partition coefficient (Wildman–Crippen LogP) is 2.45. The Morgan fingerprint density at radius 2 is 1.91 bits per heavy atom. The quantitative estimate of drug-likeness (QED) is 0.354. The number of aromatic nitrogens is 2. The minimum atomic E-state index is -0.386. The van der Waals surface area contributed by atoms with Crippen molar-refractivity contribution in [2.75, 3.05) is 38.0 Å². The van der Waals surface area contributed by atoms with Crippen molar-refractivity contribution < 1.29 is 4.92 Å².